The van der Waals surface area contributed by atoms with Gasteiger partial charge in [0.05, 0.1) is 18.0 Å². The molecule has 1 aromatic rings. The number of β-lactam (4-membered cyclic amide) rings is 1. The summed E-state index contributed by atoms with van der Waals surface area (Å²) in [5.74, 6) is -1.97. The molecule has 0 aliphatic carbocycles. The summed E-state index contributed by atoms with van der Waals surface area (Å²) in [6.07, 6.45) is 3.41. The summed E-state index contributed by atoms with van der Waals surface area (Å²) in [6.45, 7) is 5.96. The maximum absolute atomic E-state index is 13.4. The number of thioether (sulfide) groups is 1. The largest absolute Gasteiger partial charge is 0.477 e. The van der Waals surface area contributed by atoms with Crippen molar-refractivity contribution in [1.29, 1.82) is 0 Å². The van der Waals surface area contributed by atoms with Gasteiger partial charge in [-0.1, -0.05) is 44.2 Å². The van der Waals surface area contributed by atoms with Gasteiger partial charge < -0.3 is 31.7 Å². The lowest BCUT2D eigenvalue weighted by Gasteiger charge is -2.47. The van der Waals surface area contributed by atoms with Gasteiger partial charge in [-0.2, -0.15) is 0 Å². The molecular weight excluding hydrogens is 554 g/mol. The third-order valence-electron chi connectivity index (χ3n) is 9.53. The number of nitrogens with two attached hydrogens (primary N) is 2. The molecule has 0 saturated carbocycles. The SMILES string of the molecule is C[C@@H](CC(=O)CCN)[C@H]1C(=O)N2C(C(=O)O)=C(S[C@@H]3CN[C@H](C(=O)N4CCC(N)(Cc5ccccc5)CC4)C3)[C@H](C)[C@H]12. The third kappa shape index (κ3) is 6.02. The second-order valence-electron chi connectivity index (χ2n) is 12.6. The number of carbonyl (C=O) groups is 4. The van der Waals surface area contributed by atoms with Crippen LogP contribution in [0.3, 0.4) is 0 Å². The number of carboxylic acids is 1. The molecule has 10 nitrogen and oxygen atoms in total. The first-order valence-corrected chi connectivity index (χ1v) is 15.9. The Balaban J connectivity index is 1.18. The van der Waals surface area contributed by atoms with Crippen molar-refractivity contribution < 1.29 is 24.3 Å². The number of benzene rings is 1. The van der Waals surface area contributed by atoms with Crippen LogP contribution in [0.5, 0.6) is 0 Å². The van der Waals surface area contributed by atoms with Gasteiger partial charge in [-0.15, -0.1) is 11.8 Å². The maximum atomic E-state index is 13.4. The van der Waals surface area contributed by atoms with Crippen LogP contribution < -0.4 is 16.8 Å². The first-order chi connectivity index (χ1) is 20.0. The quantitative estimate of drug-likeness (QED) is 0.279. The molecule has 4 aliphatic heterocycles. The van der Waals surface area contributed by atoms with E-state index in [9.17, 15) is 24.3 Å². The van der Waals surface area contributed by atoms with Crippen molar-refractivity contribution in [2.45, 2.75) is 75.2 Å². The van der Waals surface area contributed by atoms with E-state index in [-0.39, 0.29) is 83.3 Å². The minimum Gasteiger partial charge on any atom is -0.477 e. The summed E-state index contributed by atoms with van der Waals surface area (Å²) in [6, 6.07) is 9.62. The van der Waals surface area contributed by atoms with Crippen LogP contribution >= 0.6 is 11.8 Å². The van der Waals surface area contributed by atoms with Gasteiger partial charge in [0, 0.05) is 54.1 Å². The Morgan fingerprint density at radius 3 is 2.52 bits per heavy atom. The van der Waals surface area contributed by atoms with Gasteiger partial charge in [-0.3, -0.25) is 14.4 Å². The Labute approximate surface area is 251 Å². The zero-order chi connectivity index (χ0) is 30.2. The van der Waals surface area contributed by atoms with Crippen molar-refractivity contribution in [3.8, 4) is 0 Å². The lowest BCUT2D eigenvalue weighted by Crippen LogP contribution is -2.62. The van der Waals surface area contributed by atoms with Gasteiger partial charge in [0.2, 0.25) is 11.8 Å². The van der Waals surface area contributed by atoms with Crippen LogP contribution in [0.4, 0.5) is 0 Å². The fraction of sp³-hybridized carbons (Fsp3) is 0.613. The maximum Gasteiger partial charge on any atom is 0.353 e. The molecule has 6 N–H and O–H groups in total. The van der Waals surface area contributed by atoms with E-state index in [1.165, 1.54) is 22.2 Å². The molecule has 0 spiro atoms. The van der Waals surface area contributed by atoms with Crippen LogP contribution in [0.1, 0.15) is 51.5 Å². The van der Waals surface area contributed by atoms with Crippen LogP contribution in [-0.2, 0) is 25.6 Å². The van der Waals surface area contributed by atoms with E-state index in [2.05, 4.69) is 17.4 Å². The number of rotatable bonds is 11. The predicted octanol–water partition coefficient (Wildman–Crippen LogP) is 1.73. The molecule has 0 radical (unpaired) electrons. The van der Waals surface area contributed by atoms with E-state index in [4.69, 9.17) is 11.5 Å². The second kappa shape index (κ2) is 12.5. The molecule has 6 atom stereocenters. The number of fused-ring (bicyclic) bond motifs is 1. The van der Waals surface area contributed by atoms with Gasteiger partial charge in [0.25, 0.3) is 0 Å². The number of Topliss-reactive ketones (excluding diaryl/α,β-unsaturated/α-hetero) is 1. The van der Waals surface area contributed by atoms with Gasteiger partial charge in [-0.05, 0) is 43.7 Å². The van der Waals surface area contributed by atoms with Crippen LogP contribution in [0, 0.1) is 17.8 Å². The number of carboxylic acid groups (broad SMARTS) is 1. The van der Waals surface area contributed by atoms with Crippen molar-refractivity contribution in [3.05, 3.63) is 46.5 Å². The number of hydrogen-bond acceptors (Lipinski definition) is 8. The van der Waals surface area contributed by atoms with Gasteiger partial charge >= 0.3 is 5.97 Å². The number of nitrogens with zero attached hydrogens (tertiary/aromatic N) is 2. The smallest absolute Gasteiger partial charge is 0.353 e. The highest BCUT2D eigenvalue weighted by atomic mass is 32.2. The van der Waals surface area contributed by atoms with Crippen LogP contribution in [-0.4, -0.2) is 87.5 Å². The summed E-state index contributed by atoms with van der Waals surface area (Å²) >= 11 is 1.48. The zero-order valence-corrected chi connectivity index (χ0v) is 25.3. The fourth-order valence-corrected chi connectivity index (χ4v) is 8.73. The molecular formula is C31H43N5O5S. The molecule has 4 heterocycles. The first kappa shape index (κ1) is 30.7. The van der Waals surface area contributed by atoms with Crippen molar-refractivity contribution in [3.63, 3.8) is 0 Å². The summed E-state index contributed by atoms with van der Waals surface area (Å²) in [7, 11) is 0. The number of nitrogens with one attached hydrogen (secondary N) is 1. The fourth-order valence-electron chi connectivity index (χ4n) is 7.25. The monoisotopic (exact) mass is 597 g/mol. The average molecular weight is 598 g/mol. The van der Waals surface area contributed by atoms with E-state index < -0.39 is 5.97 Å². The molecule has 3 fully saturated rings. The molecule has 4 aliphatic rings. The minimum absolute atomic E-state index is 0.0121. The van der Waals surface area contributed by atoms with E-state index in [1.807, 2.05) is 36.9 Å². The summed E-state index contributed by atoms with van der Waals surface area (Å²) in [5.41, 5.74) is 13.2. The number of hydrogen-bond donors (Lipinski definition) is 4. The molecule has 228 valence electrons. The first-order valence-electron chi connectivity index (χ1n) is 15.1. The van der Waals surface area contributed by atoms with Crippen LogP contribution in [0.25, 0.3) is 0 Å². The molecule has 0 bridgehead atoms. The zero-order valence-electron chi connectivity index (χ0n) is 24.5. The molecule has 0 unspecified atom stereocenters. The van der Waals surface area contributed by atoms with Crippen molar-refractivity contribution in [2.24, 2.45) is 29.2 Å². The molecule has 42 heavy (non-hydrogen) atoms. The lowest BCUT2D eigenvalue weighted by molar-refractivity contribution is -0.160. The number of carbonyl (C=O) groups excluding carboxylic acids is 3. The average Bonchev–Trinajstić information content (AvgIpc) is 3.50. The summed E-state index contributed by atoms with van der Waals surface area (Å²) < 4.78 is 0. The Morgan fingerprint density at radius 2 is 1.88 bits per heavy atom. The molecule has 1 aromatic carbocycles. The van der Waals surface area contributed by atoms with Crippen molar-refractivity contribution in [1.82, 2.24) is 15.1 Å². The number of piperidine rings is 1. The summed E-state index contributed by atoms with van der Waals surface area (Å²) in [5, 5.41) is 13.5. The number of aliphatic carboxylic acids is 1. The summed E-state index contributed by atoms with van der Waals surface area (Å²) in [4.78, 5) is 55.1. The Morgan fingerprint density at radius 1 is 1.19 bits per heavy atom. The van der Waals surface area contributed by atoms with E-state index in [1.54, 1.807) is 0 Å². The topological polar surface area (TPSA) is 159 Å². The highest BCUT2D eigenvalue weighted by Crippen LogP contribution is 2.53. The molecule has 11 heteroatoms. The molecule has 2 amide bonds. The highest BCUT2D eigenvalue weighted by molar-refractivity contribution is 8.03. The number of ketones is 1. The molecule has 0 aromatic heterocycles. The number of likely N-dealkylation sites (tertiary alicyclic amines) is 1. The minimum atomic E-state index is -1.11. The Kier molecular flexibility index (Phi) is 9.13. The van der Waals surface area contributed by atoms with E-state index in [0.717, 1.165) is 19.3 Å². The van der Waals surface area contributed by atoms with E-state index in [0.29, 0.717) is 31.0 Å². The predicted molar refractivity (Wildman–Crippen MR) is 161 cm³/mol. The van der Waals surface area contributed by atoms with Crippen LogP contribution in [0.15, 0.2) is 40.9 Å². The molecule has 3 saturated heterocycles. The van der Waals surface area contributed by atoms with Gasteiger partial charge in [0.1, 0.15) is 11.5 Å². The number of amides is 2. The van der Waals surface area contributed by atoms with Gasteiger partial charge in [-0.25, -0.2) is 4.79 Å². The van der Waals surface area contributed by atoms with Gasteiger partial charge in [0.15, 0.2) is 0 Å². The highest BCUT2D eigenvalue weighted by Gasteiger charge is 2.60. The standard InChI is InChI=1S/C31H43N5O5S/c1-18(14-21(37)8-11-32)24-25-19(2)27(26(30(40)41)36(25)29(24)39)42-22-15-23(34-17-22)28(38)35-12-9-31(33,10-13-35)16-20-6-4-3-5-7-20/h3-7,18-19,22-25,34H,8-17,32-33H2,1-2H3,(H,40,41)/t18-,19+,22-,23-,24+,25+/m0/s1. The third-order valence-corrected chi connectivity index (χ3v) is 11.0. The second-order valence-corrected chi connectivity index (χ2v) is 13.9. The van der Waals surface area contributed by atoms with Crippen molar-refractivity contribution >= 4 is 35.3 Å². The van der Waals surface area contributed by atoms with E-state index >= 15 is 0 Å². The Hall–Kier alpha value is -2.73. The lowest BCUT2D eigenvalue weighted by atomic mass is 9.73. The Bertz CT molecular complexity index is 1250. The van der Waals surface area contributed by atoms with Crippen LogP contribution in [0.2, 0.25) is 0 Å². The normalized spacial score (nSPS) is 29.3. The molecule has 5 rings (SSSR count). The van der Waals surface area contributed by atoms with Crippen molar-refractivity contribution in [2.75, 3.05) is 26.2 Å².